The molecule has 0 radical (unpaired) electrons. The Kier molecular flexibility index (Phi) is 2.27. The molecule has 0 aromatic carbocycles. The van der Waals surface area contributed by atoms with Gasteiger partial charge in [0.1, 0.15) is 6.33 Å². The van der Waals surface area contributed by atoms with Gasteiger partial charge in [0.25, 0.3) is 0 Å². The second-order valence-electron chi connectivity index (χ2n) is 3.72. The third-order valence-corrected chi connectivity index (χ3v) is 2.78. The van der Waals surface area contributed by atoms with E-state index in [1.165, 1.54) is 12.7 Å². The van der Waals surface area contributed by atoms with E-state index in [0.717, 1.165) is 31.2 Å². The maximum atomic E-state index is 10.3. The zero-order valence-electron chi connectivity index (χ0n) is 7.61. The Morgan fingerprint density at radius 2 is 1.69 bits per heavy atom. The van der Waals surface area contributed by atoms with E-state index in [9.17, 15) is 5.11 Å². The summed E-state index contributed by atoms with van der Waals surface area (Å²) in [4.78, 5) is 7.87. The summed E-state index contributed by atoms with van der Waals surface area (Å²) in [6.07, 6.45) is 10.1. The molecule has 1 heterocycles. The number of hydrogen-bond acceptors (Lipinski definition) is 3. The Balaban J connectivity index is 2.23. The fourth-order valence-electron chi connectivity index (χ4n) is 1.96. The molecule has 0 atom stereocenters. The minimum Gasteiger partial charge on any atom is -0.385 e. The monoisotopic (exact) mass is 178 g/mol. The fraction of sp³-hybridized carbons (Fsp3) is 0.600. The minimum atomic E-state index is -0.653. The van der Waals surface area contributed by atoms with Gasteiger partial charge >= 0.3 is 0 Å². The molecule has 0 bridgehead atoms. The number of nitrogens with zero attached hydrogens (tertiary/aromatic N) is 2. The van der Waals surface area contributed by atoms with Crippen LogP contribution >= 0.6 is 0 Å². The largest absolute Gasteiger partial charge is 0.385 e. The number of hydrogen-bond donors (Lipinski definition) is 1. The summed E-state index contributed by atoms with van der Waals surface area (Å²) in [5.74, 6) is 0. The van der Waals surface area contributed by atoms with Crippen molar-refractivity contribution < 1.29 is 5.11 Å². The van der Waals surface area contributed by atoms with Crippen molar-refractivity contribution in [3.63, 3.8) is 0 Å². The van der Waals surface area contributed by atoms with Gasteiger partial charge in [-0.15, -0.1) is 0 Å². The van der Waals surface area contributed by atoms with Crippen LogP contribution in [0.5, 0.6) is 0 Å². The first-order valence-corrected chi connectivity index (χ1v) is 4.79. The SMILES string of the molecule is OC1(c2cncnc2)CCCCC1. The van der Waals surface area contributed by atoms with Crippen LogP contribution in [-0.4, -0.2) is 15.1 Å². The molecule has 0 spiro atoms. The summed E-state index contributed by atoms with van der Waals surface area (Å²) in [5, 5.41) is 10.3. The van der Waals surface area contributed by atoms with Crippen molar-refractivity contribution in [2.24, 2.45) is 0 Å². The van der Waals surface area contributed by atoms with Gasteiger partial charge in [-0.2, -0.15) is 0 Å². The van der Waals surface area contributed by atoms with Crippen LogP contribution in [0.3, 0.4) is 0 Å². The highest BCUT2D eigenvalue weighted by atomic mass is 16.3. The van der Waals surface area contributed by atoms with Crippen LogP contribution in [-0.2, 0) is 5.60 Å². The van der Waals surface area contributed by atoms with E-state index in [2.05, 4.69) is 9.97 Å². The maximum Gasteiger partial charge on any atom is 0.115 e. The van der Waals surface area contributed by atoms with E-state index in [1.54, 1.807) is 12.4 Å². The summed E-state index contributed by atoms with van der Waals surface area (Å²) in [6.45, 7) is 0. The lowest BCUT2D eigenvalue weighted by Crippen LogP contribution is -2.28. The highest BCUT2D eigenvalue weighted by Crippen LogP contribution is 2.35. The van der Waals surface area contributed by atoms with Crippen molar-refractivity contribution in [1.29, 1.82) is 0 Å². The Morgan fingerprint density at radius 1 is 1.08 bits per heavy atom. The van der Waals surface area contributed by atoms with Crippen LogP contribution in [0, 0.1) is 0 Å². The maximum absolute atomic E-state index is 10.3. The molecule has 1 saturated carbocycles. The van der Waals surface area contributed by atoms with Crippen LogP contribution in [0.15, 0.2) is 18.7 Å². The lowest BCUT2D eigenvalue weighted by molar-refractivity contribution is -0.00125. The van der Waals surface area contributed by atoms with Gasteiger partial charge in [-0.05, 0) is 12.8 Å². The number of aromatic nitrogens is 2. The normalized spacial score (nSPS) is 21.3. The topological polar surface area (TPSA) is 46.0 Å². The molecular weight excluding hydrogens is 164 g/mol. The standard InChI is InChI=1S/C10H14N2O/c13-10(4-2-1-3-5-10)9-6-11-8-12-7-9/h6-8,13H,1-5H2. The van der Waals surface area contributed by atoms with Crippen molar-refractivity contribution in [3.8, 4) is 0 Å². The number of aliphatic hydroxyl groups is 1. The first kappa shape index (κ1) is 8.63. The van der Waals surface area contributed by atoms with Crippen molar-refractivity contribution in [1.82, 2.24) is 9.97 Å². The van der Waals surface area contributed by atoms with Gasteiger partial charge in [0.05, 0.1) is 5.60 Å². The zero-order valence-corrected chi connectivity index (χ0v) is 7.61. The molecule has 1 aromatic rings. The molecule has 0 amide bonds. The third-order valence-electron chi connectivity index (χ3n) is 2.78. The molecule has 13 heavy (non-hydrogen) atoms. The van der Waals surface area contributed by atoms with Crippen molar-refractivity contribution in [3.05, 3.63) is 24.3 Å². The van der Waals surface area contributed by atoms with Gasteiger partial charge in [-0.25, -0.2) is 9.97 Å². The van der Waals surface area contributed by atoms with Gasteiger partial charge in [-0.3, -0.25) is 0 Å². The summed E-state index contributed by atoms with van der Waals surface area (Å²) in [6, 6.07) is 0. The lowest BCUT2D eigenvalue weighted by Gasteiger charge is -2.31. The molecule has 3 nitrogen and oxygen atoms in total. The van der Waals surface area contributed by atoms with E-state index in [-0.39, 0.29) is 0 Å². The Bertz CT molecular complexity index is 268. The molecule has 0 unspecified atom stereocenters. The van der Waals surface area contributed by atoms with Crippen LogP contribution in [0.1, 0.15) is 37.7 Å². The summed E-state index contributed by atoms with van der Waals surface area (Å²) < 4.78 is 0. The Morgan fingerprint density at radius 3 is 2.31 bits per heavy atom. The van der Waals surface area contributed by atoms with Crippen LogP contribution in [0.4, 0.5) is 0 Å². The van der Waals surface area contributed by atoms with E-state index < -0.39 is 5.60 Å². The second kappa shape index (κ2) is 3.42. The smallest absolute Gasteiger partial charge is 0.115 e. The predicted molar refractivity (Wildman–Crippen MR) is 49.0 cm³/mol. The van der Waals surface area contributed by atoms with Gasteiger partial charge in [-0.1, -0.05) is 19.3 Å². The highest BCUT2D eigenvalue weighted by Gasteiger charge is 2.31. The van der Waals surface area contributed by atoms with Gasteiger partial charge in [0.15, 0.2) is 0 Å². The molecule has 1 fully saturated rings. The fourth-order valence-corrected chi connectivity index (χ4v) is 1.96. The average Bonchev–Trinajstić information content (AvgIpc) is 2.20. The summed E-state index contributed by atoms with van der Waals surface area (Å²) >= 11 is 0. The van der Waals surface area contributed by atoms with E-state index in [1.807, 2.05) is 0 Å². The van der Waals surface area contributed by atoms with Crippen molar-refractivity contribution in [2.75, 3.05) is 0 Å². The van der Waals surface area contributed by atoms with Crippen LogP contribution in [0.25, 0.3) is 0 Å². The quantitative estimate of drug-likeness (QED) is 0.711. The molecule has 70 valence electrons. The molecule has 0 aliphatic heterocycles. The Labute approximate surface area is 77.8 Å². The summed E-state index contributed by atoms with van der Waals surface area (Å²) in [7, 11) is 0. The molecule has 2 rings (SSSR count). The molecule has 1 aliphatic rings. The van der Waals surface area contributed by atoms with Crippen molar-refractivity contribution in [2.45, 2.75) is 37.7 Å². The van der Waals surface area contributed by atoms with Gasteiger partial charge < -0.3 is 5.11 Å². The first-order valence-electron chi connectivity index (χ1n) is 4.79. The van der Waals surface area contributed by atoms with Gasteiger partial charge in [0.2, 0.25) is 0 Å². The average molecular weight is 178 g/mol. The zero-order chi connectivity index (χ0) is 9.15. The van der Waals surface area contributed by atoms with Crippen LogP contribution in [0.2, 0.25) is 0 Å². The summed E-state index contributed by atoms with van der Waals surface area (Å²) in [5.41, 5.74) is 0.217. The number of rotatable bonds is 1. The first-order chi connectivity index (χ1) is 6.31. The van der Waals surface area contributed by atoms with Crippen molar-refractivity contribution >= 4 is 0 Å². The molecule has 0 saturated heterocycles. The third kappa shape index (κ3) is 1.70. The van der Waals surface area contributed by atoms with E-state index in [0.29, 0.717) is 0 Å². The van der Waals surface area contributed by atoms with Crippen LogP contribution < -0.4 is 0 Å². The molecular formula is C10H14N2O. The second-order valence-corrected chi connectivity index (χ2v) is 3.72. The molecule has 1 aromatic heterocycles. The molecule has 1 aliphatic carbocycles. The molecule has 1 N–H and O–H groups in total. The lowest BCUT2D eigenvalue weighted by atomic mass is 9.81. The Hall–Kier alpha value is -0.960. The molecule has 3 heteroatoms. The predicted octanol–water partition coefficient (Wildman–Crippen LogP) is 1.63. The highest BCUT2D eigenvalue weighted by molar-refractivity contribution is 5.14. The van der Waals surface area contributed by atoms with Gasteiger partial charge in [0, 0.05) is 18.0 Å². The minimum absolute atomic E-state index is 0.653. The van der Waals surface area contributed by atoms with E-state index >= 15 is 0 Å². The van der Waals surface area contributed by atoms with E-state index in [4.69, 9.17) is 0 Å².